The van der Waals surface area contributed by atoms with E-state index >= 15 is 0 Å². The van der Waals surface area contributed by atoms with Gasteiger partial charge in [-0.3, -0.25) is 29.3 Å². The Morgan fingerprint density at radius 3 is 1.43 bits per heavy atom. The molecule has 0 saturated carbocycles. The summed E-state index contributed by atoms with van der Waals surface area (Å²) in [6.45, 7) is 40.9. The Morgan fingerprint density at radius 1 is 0.566 bits per heavy atom. The second-order valence-electron chi connectivity index (χ2n) is 15.7. The maximum absolute atomic E-state index is 10.9. The summed E-state index contributed by atoms with van der Waals surface area (Å²) in [5, 5.41) is 9.57. The van der Waals surface area contributed by atoms with Crippen LogP contribution in [0.5, 0.6) is 0 Å². The Hall–Kier alpha value is -0.890. The second-order valence-corrected chi connectivity index (χ2v) is 15.7. The van der Waals surface area contributed by atoms with Crippen molar-refractivity contribution in [1.29, 1.82) is 0 Å². The lowest BCUT2D eigenvalue weighted by molar-refractivity contribution is -0.120. The number of rotatable bonds is 5. The number of hydrogen-bond acceptors (Lipinski definition) is 10. The number of carbonyl (C=O) groups is 1. The van der Waals surface area contributed by atoms with Crippen LogP contribution in [0, 0.1) is 0 Å². The van der Waals surface area contributed by atoms with Crippen LogP contribution in [0.3, 0.4) is 0 Å². The molecule has 3 N–H and O–H groups in total. The fourth-order valence-electron chi connectivity index (χ4n) is 7.04. The molecule has 0 aromatic rings. The first-order chi connectivity index (χ1) is 23.4. The maximum Gasteiger partial charge on any atom is 0.221 e. The minimum atomic E-state index is 0. The number of nitrogens with one attached hydrogen (secondary N) is 3. The summed E-state index contributed by atoms with van der Waals surface area (Å²) in [5.41, 5.74) is 0. The minimum Gasteiger partial charge on any atom is -0.379 e. The molecule has 0 spiro atoms. The molecular formula is C42H96N8O3. The molecule has 6 aliphatic heterocycles. The largest absolute Gasteiger partial charge is 0.379 e. The third-order valence-corrected chi connectivity index (χ3v) is 10.4. The van der Waals surface area contributed by atoms with Gasteiger partial charge in [0.2, 0.25) is 5.91 Å². The summed E-state index contributed by atoms with van der Waals surface area (Å²) >= 11 is 0. The Balaban J connectivity index is -0.000000580. The molecule has 11 nitrogen and oxygen atoms in total. The highest BCUT2D eigenvalue weighted by atomic mass is 16.5. The zero-order chi connectivity index (χ0) is 36.2. The number of morpholine rings is 2. The van der Waals surface area contributed by atoms with Crippen molar-refractivity contribution in [1.82, 2.24) is 40.4 Å². The quantitative estimate of drug-likeness (QED) is 0.342. The van der Waals surface area contributed by atoms with Gasteiger partial charge in [0, 0.05) is 121 Å². The zero-order valence-corrected chi connectivity index (χ0v) is 33.6. The molecule has 0 aliphatic carbocycles. The number of piperazine rings is 1. The topological polar surface area (TPSA) is 87.8 Å². The van der Waals surface area contributed by atoms with Crippen LogP contribution >= 0.6 is 0 Å². The minimum absolute atomic E-state index is 0. The van der Waals surface area contributed by atoms with Crippen molar-refractivity contribution in [3.63, 3.8) is 0 Å². The van der Waals surface area contributed by atoms with Crippen LogP contribution < -0.4 is 16.0 Å². The molecular weight excluding hydrogens is 665 g/mol. The Bertz CT molecular complexity index is 805. The van der Waals surface area contributed by atoms with Gasteiger partial charge in [-0.2, -0.15) is 0 Å². The predicted octanol–water partition coefficient (Wildman–Crippen LogP) is 5.35. The highest BCUT2D eigenvalue weighted by Crippen LogP contribution is 2.29. The van der Waals surface area contributed by atoms with Gasteiger partial charge in [0.1, 0.15) is 0 Å². The molecule has 53 heavy (non-hydrogen) atoms. The van der Waals surface area contributed by atoms with Crippen LogP contribution in [-0.2, 0) is 14.3 Å². The average molecular weight is 761 g/mol. The highest BCUT2D eigenvalue weighted by molar-refractivity contribution is 5.76. The SMILES string of the molecule is C.C.C.C.CC(C)N1CC2CC1CO2.CC(C)N1CCCNCC1.CC(C)N1CCNC(=O)CC1.CC(C)N1CCNCC1.CC(C)N1CCOCC1. The van der Waals surface area contributed by atoms with E-state index in [-0.39, 0.29) is 35.6 Å². The summed E-state index contributed by atoms with van der Waals surface area (Å²) in [6.07, 6.45) is 3.79. The normalized spacial score (nSPS) is 24.2. The smallest absolute Gasteiger partial charge is 0.221 e. The lowest BCUT2D eigenvalue weighted by Gasteiger charge is -2.30. The van der Waals surface area contributed by atoms with E-state index in [0.29, 0.717) is 30.7 Å². The molecule has 6 fully saturated rings. The van der Waals surface area contributed by atoms with Crippen molar-refractivity contribution < 1.29 is 14.3 Å². The summed E-state index contributed by atoms with van der Waals surface area (Å²) in [6, 6.07) is 4.15. The number of fused-ring (bicyclic) bond motifs is 2. The molecule has 6 heterocycles. The molecule has 2 unspecified atom stereocenters. The van der Waals surface area contributed by atoms with Gasteiger partial charge in [0.25, 0.3) is 0 Å². The molecule has 6 aliphatic rings. The maximum atomic E-state index is 10.9. The summed E-state index contributed by atoms with van der Waals surface area (Å²) < 4.78 is 10.7. The van der Waals surface area contributed by atoms with Gasteiger partial charge in [-0.05, 0) is 95.2 Å². The molecule has 6 saturated heterocycles. The van der Waals surface area contributed by atoms with E-state index in [1.54, 1.807) is 0 Å². The number of likely N-dealkylation sites (tertiary alicyclic amines) is 1. The van der Waals surface area contributed by atoms with Crippen molar-refractivity contribution in [2.45, 2.75) is 161 Å². The molecule has 0 aromatic heterocycles. The molecule has 2 atom stereocenters. The van der Waals surface area contributed by atoms with Crippen LogP contribution in [0.25, 0.3) is 0 Å². The molecule has 1 amide bonds. The van der Waals surface area contributed by atoms with Gasteiger partial charge >= 0.3 is 0 Å². The number of amides is 1. The van der Waals surface area contributed by atoms with Crippen molar-refractivity contribution in [2.24, 2.45) is 0 Å². The fraction of sp³-hybridized carbons (Fsp3) is 0.976. The third kappa shape index (κ3) is 23.7. The molecule has 2 bridgehead atoms. The molecule has 322 valence electrons. The van der Waals surface area contributed by atoms with Gasteiger partial charge in [0.15, 0.2) is 0 Å². The van der Waals surface area contributed by atoms with Gasteiger partial charge in [-0.1, -0.05) is 29.7 Å². The van der Waals surface area contributed by atoms with Gasteiger partial charge in [-0.15, -0.1) is 0 Å². The number of carbonyl (C=O) groups excluding carboxylic acids is 1. The third-order valence-electron chi connectivity index (χ3n) is 10.4. The summed E-state index contributed by atoms with van der Waals surface area (Å²) in [4.78, 5) is 23.2. The van der Waals surface area contributed by atoms with Crippen molar-refractivity contribution >= 4 is 5.91 Å². The zero-order valence-electron chi connectivity index (χ0n) is 33.6. The van der Waals surface area contributed by atoms with Gasteiger partial charge < -0.3 is 25.4 Å². The summed E-state index contributed by atoms with van der Waals surface area (Å²) in [7, 11) is 0. The van der Waals surface area contributed by atoms with E-state index in [1.807, 2.05) is 0 Å². The monoisotopic (exact) mass is 761 g/mol. The van der Waals surface area contributed by atoms with Crippen LogP contribution in [0.2, 0.25) is 0 Å². The van der Waals surface area contributed by atoms with Crippen molar-refractivity contribution in [3.05, 3.63) is 0 Å². The lowest BCUT2D eigenvalue weighted by Crippen LogP contribution is -2.46. The van der Waals surface area contributed by atoms with Crippen LogP contribution in [-0.4, -0.2) is 184 Å². The summed E-state index contributed by atoms with van der Waals surface area (Å²) in [5.74, 6) is 0.188. The Labute approximate surface area is 332 Å². The van der Waals surface area contributed by atoms with E-state index in [2.05, 4.69) is 110 Å². The first kappa shape index (κ1) is 56.4. The number of ether oxygens (including phenoxy) is 2. The van der Waals surface area contributed by atoms with Crippen LogP contribution in [0.4, 0.5) is 0 Å². The number of hydrogen-bond donors (Lipinski definition) is 3. The number of nitrogens with zero attached hydrogens (tertiary/aromatic N) is 5. The van der Waals surface area contributed by atoms with Crippen molar-refractivity contribution in [3.8, 4) is 0 Å². The van der Waals surface area contributed by atoms with E-state index in [1.165, 1.54) is 52.1 Å². The molecule has 6 rings (SSSR count). The van der Waals surface area contributed by atoms with Crippen LogP contribution in [0.1, 0.15) is 118 Å². The average Bonchev–Trinajstić information content (AvgIpc) is 3.53. The lowest BCUT2D eigenvalue weighted by atomic mass is 10.2. The van der Waals surface area contributed by atoms with Crippen molar-refractivity contribution in [2.75, 3.05) is 111 Å². The standard InChI is InChI=1S/C8H16N2O.C8H18N2.C8H15NO.C7H16N2.C7H15NO.4CH4/c1-7(2)10-5-3-8(11)9-4-6-10;1-8(2)10-6-3-4-9-5-7-10;1-6(2)9-4-8-3-7(9)5-10-8;1-7(2)9-5-3-8-4-6-9;1-7(2)8-3-5-9-6-4-8;;;;/h7H,3-6H2,1-2H3,(H,9,11);8-9H,3-7H2,1-2H3;6-8H,3-5H2,1-2H3;7-8H,3-6H2,1-2H3;7H,3-6H2,1-2H3;4*1H4. The first-order valence-electron chi connectivity index (χ1n) is 20.0. The fourth-order valence-corrected chi connectivity index (χ4v) is 7.04. The Morgan fingerprint density at radius 2 is 1.02 bits per heavy atom. The van der Waals surface area contributed by atoms with E-state index in [4.69, 9.17) is 9.47 Å². The highest BCUT2D eigenvalue weighted by Gasteiger charge is 2.39. The molecule has 11 heteroatoms. The van der Waals surface area contributed by atoms with Gasteiger partial charge in [0.05, 0.1) is 25.9 Å². The van der Waals surface area contributed by atoms with E-state index in [0.717, 1.165) is 90.3 Å². The first-order valence-corrected chi connectivity index (χ1v) is 20.0. The molecule has 0 aromatic carbocycles. The second kappa shape index (κ2) is 32.2. The molecule has 0 radical (unpaired) electrons. The Kier molecular flexibility index (Phi) is 34.3. The van der Waals surface area contributed by atoms with Crippen LogP contribution in [0.15, 0.2) is 0 Å². The van der Waals surface area contributed by atoms with E-state index in [9.17, 15) is 4.79 Å². The van der Waals surface area contributed by atoms with E-state index < -0.39 is 0 Å². The predicted molar refractivity (Wildman–Crippen MR) is 233 cm³/mol. The van der Waals surface area contributed by atoms with Gasteiger partial charge in [-0.25, -0.2) is 0 Å².